The first-order valence-corrected chi connectivity index (χ1v) is 9.10. The molecule has 0 aliphatic carbocycles. The quantitative estimate of drug-likeness (QED) is 0.693. The number of nitrogens with zero attached hydrogens (tertiary/aromatic N) is 3. The summed E-state index contributed by atoms with van der Waals surface area (Å²) in [6, 6.07) is 9.17. The van der Waals surface area contributed by atoms with Crippen LogP contribution in [0.25, 0.3) is 11.0 Å². The molecule has 0 radical (unpaired) electrons. The molecule has 0 bridgehead atoms. The maximum atomic E-state index is 13.8. The molecule has 3 rings (SSSR count). The normalized spacial score (nSPS) is 12.0. The number of rotatable bonds is 5. The summed E-state index contributed by atoms with van der Waals surface area (Å²) in [5.41, 5.74) is 1.39. The third-order valence-electron chi connectivity index (χ3n) is 3.56. The molecule has 0 saturated carbocycles. The molecule has 0 aliphatic heterocycles. The van der Waals surface area contributed by atoms with E-state index >= 15 is 0 Å². The van der Waals surface area contributed by atoms with E-state index in [1.807, 2.05) is 0 Å². The second kappa shape index (κ2) is 6.42. The van der Waals surface area contributed by atoms with Crippen molar-refractivity contribution in [3.05, 3.63) is 47.8 Å². The summed E-state index contributed by atoms with van der Waals surface area (Å²) in [6.07, 6.45) is 0. The van der Waals surface area contributed by atoms with E-state index < -0.39 is 15.8 Å². The first kappa shape index (κ1) is 16.7. The van der Waals surface area contributed by atoms with E-state index in [0.29, 0.717) is 16.6 Å². The summed E-state index contributed by atoms with van der Waals surface area (Å²) in [7, 11) is -0.966. The fourth-order valence-electron chi connectivity index (χ4n) is 2.31. The van der Waals surface area contributed by atoms with Gasteiger partial charge in [-0.3, -0.25) is 0 Å². The van der Waals surface area contributed by atoms with Crippen molar-refractivity contribution in [2.24, 2.45) is 0 Å². The smallest absolute Gasteiger partial charge is 0.245 e. The molecule has 6 nitrogen and oxygen atoms in total. The van der Waals surface area contributed by atoms with E-state index in [2.05, 4.69) is 8.75 Å². The van der Waals surface area contributed by atoms with Gasteiger partial charge in [0.1, 0.15) is 15.9 Å². The summed E-state index contributed by atoms with van der Waals surface area (Å²) < 4.78 is 53.5. The van der Waals surface area contributed by atoms with Crippen molar-refractivity contribution in [1.82, 2.24) is 13.1 Å². The van der Waals surface area contributed by atoms with Gasteiger partial charge in [-0.1, -0.05) is 12.1 Å². The third kappa shape index (κ3) is 2.97. The first-order chi connectivity index (χ1) is 11.4. The molecule has 0 atom stereocenters. The van der Waals surface area contributed by atoms with Gasteiger partial charge in [0.25, 0.3) is 0 Å². The van der Waals surface area contributed by atoms with Crippen LogP contribution in [0, 0.1) is 5.82 Å². The average Bonchev–Trinajstić information content (AvgIpc) is 3.03. The Kier molecular flexibility index (Phi) is 4.48. The summed E-state index contributed by atoms with van der Waals surface area (Å²) in [6.45, 7) is 0.0250. The summed E-state index contributed by atoms with van der Waals surface area (Å²) in [5, 5.41) is 0. The molecule has 2 aromatic carbocycles. The van der Waals surface area contributed by atoms with Crippen LogP contribution in [0.4, 0.5) is 4.39 Å². The number of ether oxygens (including phenoxy) is 1. The molecule has 1 aromatic heterocycles. The van der Waals surface area contributed by atoms with Crippen molar-refractivity contribution < 1.29 is 17.5 Å². The van der Waals surface area contributed by atoms with Gasteiger partial charge in [-0.2, -0.15) is 13.1 Å². The molecule has 126 valence electrons. The van der Waals surface area contributed by atoms with Crippen molar-refractivity contribution in [3.63, 3.8) is 0 Å². The standard InChI is InChI=1S/C15H14FN3O3S2/c1-19(9-10-6-7-13(22-2)11(16)8-10)24(20,21)14-5-3-4-12-15(14)18-23-17-12/h3-8H,9H2,1-2H3. The predicted octanol–water partition coefficient (Wildman–Crippen LogP) is 2.66. The molecule has 3 aromatic rings. The Hall–Kier alpha value is -2.10. The van der Waals surface area contributed by atoms with Gasteiger partial charge in [0.2, 0.25) is 10.0 Å². The van der Waals surface area contributed by atoms with Crippen LogP contribution in [-0.2, 0) is 16.6 Å². The molecule has 0 fully saturated rings. The Labute approximate surface area is 142 Å². The maximum absolute atomic E-state index is 13.8. The highest BCUT2D eigenvalue weighted by Crippen LogP contribution is 2.25. The molecular formula is C15H14FN3O3S2. The van der Waals surface area contributed by atoms with E-state index in [4.69, 9.17) is 4.74 Å². The zero-order valence-electron chi connectivity index (χ0n) is 12.9. The minimum Gasteiger partial charge on any atom is -0.494 e. The fourth-order valence-corrected chi connectivity index (χ4v) is 4.22. The van der Waals surface area contributed by atoms with Crippen LogP contribution in [0.15, 0.2) is 41.3 Å². The SMILES string of the molecule is COc1ccc(CN(C)S(=O)(=O)c2cccc3nsnc23)cc1F. The largest absolute Gasteiger partial charge is 0.494 e. The van der Waals surface area contributed by atoms with Crippen molar-refractivity contribution >= 4 is 32.8 Å². The first-order valence-electron chi connectivity index (χ1n) is 6.93. The van der Waals surface area contributed by atoms with E-state index in [0.717, 1.165) is 16.0 Å². The highest BCUT2D eigenvalue weighted by molar-refractivity contribution is 7.89. The molecule has 24 heavy (non-hydrogen) atoms. The van der Waals surface area contributed by atoms with Gasteiger partial charge in [-0.05, 0) is 29.8 Å². The van der Waals surface area contributed by atoms with Crippen molar-refractivity contribution in [2.75, 3.05) is 14.2 Å². The van der Waals surface area contributed by atoms with Crippen LogP contribution < -0.4 is 4.74 Å². The molecule has 9 heteroatoms. The topological polar surface area (TPSA) is 72.4 Å². The number of halogens is 1. The van der Waals surface area contributed by atoms with Crippen molar-refractivity contribution in [1.29, 1.82) is 0 Å². The molecule has 0 saturated heterocycles. The molecule has 1 heterocycles. The molecule has 0 spiro atoms. The molecule has 0 aliphatic rings. The number of methoxy groups -OCH3 is 1. The zero-order chi connectivity index (χ0) is 17.3. The van der Waals surface area contributed by atoms with Crippen LogP contribution in [0.5, 0.6) is 5.75 Å². The number of fused-ring (bicyclic) bond motifs is 1. The van der Waals surface area contributed by atoms with Crippen LogP contribution in [-0.4, -0.2) is 35.6 Å². The van der Waals surface area contributed by atoms with E-state index in [1.54, 1.807) is 18.2 Å². The number of benzene rings is 2. The minimum atomic E-state index is -3.78. The Balaban J connectivity index is 1.92. The van der Waals surface area contributed by atoms with Gasteiger partial charge >= 0.3 is 0 Å². The van der Waals surface area contributed by atoms with Crippen molar-refractivity contribution in [2.45, 2.75) is 11.4 Å². The van der Waals surface area contributed by atoms with Gasteiger partial charge < -0.3 is 4.74 Å². The van der Waals surface area contributed by atoms with Gasteiger partial charge in [0, 0.05) is 13.6 Å². The van der Waals surface area contributed by atoms with Crippen LogP contribution in [0.2, 0.25) is 0 Å². The lowest BCUT2D eigenvalue weighted by atomic mass is 10.2. The number of sulfonamides is 1. The summed E-state index contributed by atoms with van der Waals surface area (Å²) in [5.74, 6) is -0.422. The van der Waals surface area contributed by atoms with E-state index in [-0.39, 0.29) is 17.2 Å². The van der Waals surface area contributed by atoms with Gasteiger partial charge in [-0.25, -0.2) is 12.8 Å². The average molecular weight is 367 g/mol. The Bertz CT molecular complexity index is 989. The lowest BCUT2D eigenvalue weighted by Crippen LogP contribution is -2.26. The number of aromatic nitrogens is 2. The molecule has 0 N–H and O–H groups in total. The second-order valence-electron chi connectivity index (χ2n) is 5.12. The summed E-state index contributed by atoms with van der Waals surface area (Å²) >= 11 is 0.958. The summed E-state index contributed by atoms with van der Waals surface area (Å²) in [4.78, 5) is 0.0882. The second-order valence-corrected chi connectivity index (χ2v) is 7.66. The lowest BCUT2D eigenvalue weighted by molar-refractivity contribution is 0.385. The van der Waals surface area contributed by atoms with Crippen LogP contribution in [0.1, 0.15) is 5.56 Å². The van der Waals surface area contributed by atoms with E-state index in [9.17, 15) is 12.8 Å². The Morgan fingerprint density at radius 1 is 1.25 bits per heavy atom. The van der Waals surface area contributed by atoms with Gasteiger partial charge in [0.15, 0.2) is 11.6 Å². The van der Waals surface area contributed by atoms with Gasteiger partial charge in [-0.15, -0.1) is 0 Å². The van der Waals surface area contributed by atoms with Crippen molar-refractivity contribution in [3.8, 4) is 5.75 Å². The van der Waals surface area contributed by atoms with Gasteiger partial charge in [0.05, 0.1) is 18.8 Å². The minimum absolute atomic E-state index is 0.0250. The highest BCUT2D eigenvalue weighted by atomic mass is 32.2. The number of hydrogen-bond acceptors (Lipinski definition) is 6. The highest BCUT2D eigenvalue weighted by Gasteiger charge is 2.25. The third-order valence-corrected chi connectivity index (χ3v) is 5.94. The number of hydrogen-bond donors (Lipinski definition) is 0. The molecular weight excluding hydrogens is 353 g/mol. The Morgan fingerprint density at radius 2 is 2.04 bits per heavy atom. The Morgan fingerprint density at radius 3 is 2.75 bits per heavy atom. The van der Waals surface area contributed by atoms with Crippen LogP contribution in [0.3, 0.4) is 0 Å². The molecule has 0 unspecified atom stereocenters. The fraction of sp³-hybridized carbons (Fsp3) is 0.200. The maximum Gasteiger partial charge on any atom is 0.245 e. The predicted molar refractivity (Wildman–Crippen MR) is 89.0 cm³/mol. The molecule has 0 amide bonds. The zero-order valence-corrected chi connectivity index (χ0v) is 14.6. The van der Waals surface area contributed by atoms with E-state index in [1.165, 1.54) is 32.4 Å². The monoisotopic (exact) mass is 367 g/mol. The lowest BCUT2D eigenvalue weighted by Gasteiger charge is -2.17. The van der Waals surface area contributed by atoms with Crippen LogP contribution >= 0.6 is 11.7 Å².